The molecule has 86 valence electrons. The minimum Gasteiger partial charge on any atom is -0.327 e. The van der Waals surface area contributed by atoms with Crippen molar-refractivity contribution in [2.75, 3.05) is 0 Å². The topological polar surface area (TPSA) is 69.6 Å². The lowest BCUT2D eigenvalue weighted by atomic mass is 10.1. The average Bonchev–Trinajstić information content (AvgIpc) is 2.77. The molecule has 0 aromatic carbocycles. The smallest absolute Gasteiger partial charge is 0.138 e. The number of aromatic nitrogens is 4. The van der Waals surface area contributed by atoms with Crippen molar-refractivity contribution in [3.05, 3.63) is 28.2 Å². The number of thiazole rings is 1. The maximum Gasteiger partial charge on any atom is 0.138 e. The number of hydrogen-bond acceptors (Lipinski definition) is 5. The molecule has 0 aliphatic carbocycles. The predicted octanol–water partition coefficient (Wildman–Crippen LogP) is 0.693. The number of nitrogens with two attached hydrogens (primary N) is 1. The zero-order valence-corrected chi connectivity index (χ0v) is 10.2. The Hall–Kier alpha value is -1.27. The Morgan fingerprint density at radius 1 is 1.50 bits per heavy atom. The molecular weight excluding hydrogens is 222 g/mol. The molecule has 0 spiro atoms. The third-order valence-electron chi connectivity index (χ3n) is 2.39. The van der Waals surface area contributed by atoms with Crippen LogP contribution in [0.2, 0.25) is 0 Å². The lowest BCUT2D eigenvalue weighted by Crippen LogP contribution is -2.27. The normalized spacial score (nSPS) is 12.9. The second-order valence-corrected chi connectivity index (χ2v) is 4.89. The highest BCUT2D eigenvalue weighted by atomic mass is 32.1. The zero-order chi connectivity index (χ0) is 11.5. The summed E-state index contributed by atoms with van der Waals surface area (Å²) >= 11 is 1.66. The van der Waals surface area contributed by atoms with E-state index in [1.165, 1.54) is 0 Å². The first-order valence-corrected chi connectivity index (χ1v) is 6.02. The molecule has 0 saturated heterocycles. The van der Waals surface area contributed by atoms with Gasteiger partial charge in [0, 0.05) is 31.3 Å². The largest absolute Gasteiger partial charge is 0.327 e. The average molecular weight is 237 g/mol. The van der Waals surface area contributed by atoms with Gasteiger partial charge in [0.05, 0.1) is 10.7 Å². The number of nitrogens with zero attached hydrogens (tertiary/aromatic N) is 4. The first-order chi connectivity index (χ1) is 7.65. The Labute approximate surface area is 98.3 Å². The third kappa shape index (κ3) is 2.65. The van der Waals surface area contributed by atoms with Gasteiger partial charge in [-0.2, -0.15) is 5.10 Å². The van der Waals surface area contributed by atoms with Gasteiger partial charge in [-0.1, -0.05) is 0 Å². The molecule has 2 N–H and O–H groups in total. The van der Waals surface area contributed by atoms with Crippen molar-refractivity contribution in [1.82, 2.24) is 19.7 Å². The molecule has 0 saturated carbocycles. The van der Waals surface area contributed by atoms with Crippen LogP contribution < -0.4 is 5.73 Å². The van der Waals surface area contributed by atoms with Gasteiger partial charge in [0.15, 0.2) is 0 Å². The van der Waals surface area contributed by atoms with Crippen molar-refractivity contribution in [2.24, 2.45) is 12.8 Å². The van der Waals surface area contributed by atoms with E-state index in [1.54, 1.807) is 22.3 Å². The monoisotopic (exact) mass is 237 g/mol. The van der Waals surface area contributed by atoms with E-state index in [2.05, 4.69) is 20.4 Å². The van der Waals surface area contributed by atoms with E-state index in [4.69, 9.17) is 5.73 Å². The van der Waals surface area contributed by atoms with E-state index < -0.39 is 0 Å². The summed E-state index contributed by atoms with van der Waals surface area (Å²) in [6.45, 7) is 2.00. The first kappa shape index (κ1) is 11.2. The van der Waals surface area contributed by atoms with Crippen LogP contribution in [0.15, 0.2) is 11.7 Å². The van der Waals surface area contributed by atoms with Gasteiger partial charge in [0.2, 0.25) is 0 Å². The zero-order valence-electron chi connectivity index (χ0n) is 9.42. The summed E-state index contributed by atoms with van der Waals surface area (Å²) in [5.41, 5.74) is 7.13. The predicted molar refractivity (Wildman–Crippen MR) is 63.2 cm³/mol. The van der Waals surface area contributed by atoms with Crippen LogP contribution in [-0.2, 0) is 19.9 Å². The van der Waals surface area contributed by atoms with Crippen LogP contribution in [0.3, 0.4) is 0 Å². The molecule has 2 aromatic rings. The van der Waals surface area contributed by atoms with Crippen LogP contribution in [0.5, 0.6) is 0 Å². The Balaban J connectivity index is 1.94. The fourth-order valence-electron chi connectivity index (χ4n) is 1.58. The number of hydrogen-bond donors (Lipinski definition) is 1. The lowest BCUT2D eigenvalue weighted by Gasteiger charge is -2.08. The summed E-state index contributed by atoms with van der Waals surface area (Å²) in [7, 11) is 1.88. The van der Waals surface area contributed by atoms with Gasteiger partial charge in [-0.25, -0.2) is 9.97 Å². The highest BCUT2D eigenvalue weighted by molar-refractivity contribution is 7.09. The van der Waals surface area contributed by atoms with Crippen molar-refractivity contribution in [3.8, 4) is 0 Å². The van der Waals surface area contributed by atoms with Gasteiger partial charge >= 0.3 is 0 Å². The minimum absolute atomic E-state index is 0.0457. The highest BCUT2D eigenvalue weighted by Crippen LogP contribution is 2.10. The standard InChI is InChI=1S/C10H15N5S/c1-7-14-9(5-16-7)3-8(11)4-10-12-6-13-15(10)2/h5-6,8H,3-4,11H2,1-2H3. The molecule has 2 rings (SSSR count). The van der Waals surface area contributed by atoms with Crippen LogP contribution in [0.25, 0.3) is 0 Å². The van der Waals surface area contributed by atoms with Crippen molar-refractivity contribution >= 4 is 11.3 Å². The van der Waals surface area contributed by atoms with Gasteiger partial charge in [0.1, 0.15) is 12.2 Å². The van der Waals surface area contributed by atoms with E-state index in [1.807, 2.05) is 14.0 Å². The molecule has 0 aliphatic rings. The van der Waals surface area contributed by atoms with E-state index in [9.17, 15) is 0 Å². The van der Waals surface area contributed by atoms with Crippen LogP contribution in [0, 0.1) is 6.92 Å². The Kier molecular flexibility index (Phi) is 3.31. The van der Waals surface area contributed by atoms with Crippen LogP contribution in [0.1, 0.15) is 16.5 Å². The van der Waals surface area contributed by atoms with E-state index >= 15 is 0 Å². The second kappa shape index (κ2) is 4.71. The quantitative estimate of drug-likeness (QED) is 0.849. The molecule has 1 unspecified atom stereocenters. The summed E-state index contributed by atoms with van der Waals surface area (Å²) in [5.74, 6) is 0.916. The molecule has 5 nitrogen and oxygen atoms in total. The Bertz CT molecular complexity index is 461. The summed E-state index contributed by atoms with van der Waals surface area (Å²) < 4.78 is 1.76. The Morgan fingerprint density at radius 3 is 2.88 bits per heavy atom. The number of aryl methyl sites for hydroxylation is 2. The molecule has 1 atom stereocenters. The minimum atomic E-state index is 0.0457. The van der Waals surface area contributed by atoms with Crippen molar-refractivity contribution < 1.29 is 0 Å². The molecule has 0 fully saturated rings. The van der Waals surface area contributed by atoms with Crippen LogP contribution in [0.4, 0.5) is 0 Å². The van der Waals surface area contributed by atoms with E-state index in [-0.39, 0.29) is 6.04 Å². The molecule has 0 aliphatic heterocycles. The van der Waals surface area contributed by atoms with Crippen molar-refractivity contribution in [1.29, 1.82) is 0 Å². The van der Waals surface area contributed by atoms with Crippen LogP contribution >= 0.6 is 11.3 Å². The van der Waals surface area contributed by atoms with Gasteiger partial charge in [-0.15, -0.1) is 11.3 Å². The lowest BCUT2D eigenvalue weighted by molar-refractivity contribution is 0.598. The number of rotatable bonds is 4. The molecule has 0 radical (unpaired) electrons. The summed E-state index contributed by atoms with van der Waals surface area (Å²) in [6.07, 6.45) is 3.07. The fraction of sp³-hybridized carbons (Fsp3) is 0.500. The molecule has 2 aromatic heterocycles. The van der Waals surface area contributed by atoms with Gasteiger partial charge in [-0.3, -0.25) is 4.68 Å². The van der Waals surface area contributed by atoms with Gasteiger partial charge in [-0.05, 0) is 6.92 Å². The first-order valence-electron chi connectivity index (χ1n) is 5.14. The van der Waals surface area contributed by atoms with Gasteiger partial charge in [0.25, 0.3) is 0 Å². The van der Waals surface area contributed by atoms with E-state index in [0.29, 0.717) is 0 Å². The van der Waals surface area contributed by atoms with E-state index in [0.717, 1.165) is 29.4 Å². The maximum atomic E-state index is 6.06. The van der Waals surface area contributed by atoms with Crippen molar-refractivity contribution in [2.45, 2.75) is 25.8 Å². The molecule has 16 heavy (non-hydrogen) atoms. The molecule has 0 bridgehead atoms. The highest BCUT2D eigenvalue weighted by Gasteiger charge is 2.10. The summed E-state index contributed by atoms with van der Waals surface area (Å²) in [5, 5.41) is 7.16. The summed E-state index contributed by atoms with van der Waals surface area (Å²) in [4.78, 5) is 8.55. The second-order valence-electron chi connectivity index (χ2n) is 3.83. The maximum absolute atomic E-state index is 6.06. The van der Waals surface area contributed by atoms with Crippen molar-refractivity contribution in [3.63, 3.8) is 0 Å². The molecule has 0 amide bonds. The summed E-state index contributed by atoms with van der Waals surface area (Å²) in [6, 6.07) is 0.0457. The van der Waals surface area contributed by atoms with Crippen LogP contribution in [-0.4, -0.2) is 25.8 Å². The third-order valence-corrected chi connectivity index (χ3v) is 3.21. The SMILES string of the molecule is Cc1nc(CC(N)Cc2ncnn2C)cs1. The molecular formula is C10H15N5S. The fourth-order valence-corrected chi connectivity index (χ4v) is 2.21. The Morgan fingerprint density at radius 2 is 2.31 bits per heavy atom. The molecule has 6 heteroatoms. The van der Waals surface area contributed by atoms with Gasteiger partial charge < -0.3 is 5.73 Å². The molecule has 2 heterocycles.